The first-order valence-electron chi connectivity index (χ1n) is 13.9. The molecule has 1 aliphatic heterocycles. The quantitative estimate of drug-likeness (QED) is 0.224. The molecule has 4 aromatic heterocycles. The van der Waals surface area contributed by atoms with Gasteiger partial charge in [-0.3, -0.25) is 14.8 Å². The van der Waals surface area contributed by atoms with E-state index in [1.165, 1.54) is 28.5 Å². The standard InChI is InChI=1S/C31H34FN7O2S/c1-7-26(40)37-12-13-38(20(5)17-37)29-21-15-23(32)27(22-16-33-10-9-25(22)42-6)35-30(21)39(31(41)36-29)28-19(4)8-11-34-24(28)14-18(2)3/h7-11,15-16,18,20H,1,12-14,17H2,2-6H3/t20-/m0/s1. The fourth-order valence-electron chi connectivity index (χ4n) is 5.50. The molecule has 4 aromatic rings. The van der Waals surface area contributed by atoms with Crippen LogP contribution < -0.4 is 10.6 Å². The van der Waals surface area contributed by atoms with E-state index in [1.54, 1.807) is 23.5 Å². The third kappa shape index (κ3) is 5.40. The number of pyridine rings is 3. The number of hydrogen-bond donors (Lipinski definition) is 0. The molecule has 1 aliphatic rings. The second kappa shape index (κ2) is 12.0. The van der Waals surface area contributed by atoms with Gasteiger partial charge in [0.05, 0.1) is 16.8 Å². The number of rotatable bonds is 7. The molecule has 5 rings (SSSR count). The van der Waals surface area contributed by atoms with Crippen LogP contribution in [0.5, 0.6) is 0 Å². The van der Waals surface area contributed by atoms with Gasteiger partial charge in [-0.25, -0.2) is 18.7 Å². The summed E-state index contributed by atoms with van der Waals surface area (Å²) in [4.78, 5) is 49.0. The Balaban J connectivity index is 1.81. The largest absolute Gasteiger partial charge is 0.355 e. The van der Waals surface area contributed by atoms with Gasteiger partial charge in [0.2, 0.25) is 5.91 Å². The van der Waals surface area contributed by atoms with Crippen molar-refractivity contribution in [3.63, 3.8) is 0 Å². The van der Waals surface area contributed by atoms with Crippen LogP contribution in [0.1, 0.15) is 32.0 Å². The number of halogens is 1. The first-order chi connectivity index (χ1) is 20.1. The van der Waals surface area contributed by atoms with E-state index in [2.05, 4.69) is 35.4 Å². The Hall–Kier alpha value is -4.12. The lowest BCUT2D eigenvalue weighted by Gasteiger charge is -2.40. The lowest BCUT2D eigenvalue weighted by atomic mass is 10.0. The maximum absolute atomic E-state index is 16.0. The second-order valence-electron chi connectivity index (χ2n) is 10.9. The van der Waals surface area contributed by atoms with Crippen molar-refractivity contribution in [3.05, 3.63) is 77.0 Å². The van der Waals surface area contributed by atoms with Crippen LogP contribution in [0.3, 0.4) is 0 Å². The summed E-state index contributed by atoms with van der Waals surface area (Å²) in [7, 11) is 0. The summed E-state index contributed by atoms with van der Waals surface area (Å²) in [5, 5.41) is 0.402. The molecule has 0 N–H and O–H groups in total. The zero-order chi connectivity index (χ0) is 30.1. The average Bonchev–Trinajstić information content (AvgIpc) is 2.97. The van der Waals surface area contributed by atoms with Crippen molar-refractivity contribution in [2.24, 2.45) is 5.92 Å². The minimum Gasteiger partial charge on any atom is -0.350 e. The van der Waals surface area contributed by atoms with Gasteiger partial charge in [-0.2, -0.15) is 4.98 Å². The Morgan fingerprint density at radius 3 is 2.71 bits per heavy atom. The summed E-state index contributed by atoms with van der Waals surface area (Å²) in [6, 6.07) is 4.89. The fourth-order valence-corrected chi connectivity index (χ4v) is 6.07. The molecule has 218 valence electrons. The highest BCUT2D eigenvalue weighted by atomic mass is 32.2. The van der Waals surface area contributed by atoms with Crippen molar-refractivity contribution < 1.29 is 9.18 Å². The zero-order valence-electron chi connectivity index (χ0n) is 24.5. The Morgan fingerprint density at radius 2 is 2.02 bits per heavy atom. The third-order valence-electron chi connectivity index (χ3n) is 7.47. The number of carbonyl (C=O) groups is 1. The Kier molecular flexibility index (Phi) is 8.40. The molecule has 0 bridgehead atoms. The van der Waals surface area contributed by atoms with Crippen molar-refractivity contribution in [2.45, 2.75) is 45.1 Å². The fraction of sp³-hybridized carbons (Fsp3) is 0.355. The first kappa shape index (κ1) is 29.4. The van der Waals surface area contributed by atoms with Crippen LogP contribution in [-0.4, -0.2) is 67.2 Å². The number of aromatic nitrogens is 5. The van der Waals surface area contributed by atoms with E-state index in [9.17, 15) is 9.59 Å². The van der Waals surface area contributed by atoms with Gasteiger partial charge in [0, 0.05) is 54.7 Å². The molecule has 0 saturated carbocycles. The summed E-state index contributed by atoms with van der Waals surface area (Å²) in [6.45, 7) is 12.9. The molecule has 0 aliphatic carbocycles. The van der Waals surface area contributed by atoms with Crippen LogP contribution in [0, 0.1) is 18.7 Å². The second-order valence-corrected chi connectivity index (χ2v) is 11.7. The van der Waals surface area contributed by atoms with Crippen LogP contribution in [0.25, 0.3) is 28.0 Å². The SMILES string of the molecule is C=CC(=O)N1CCN(c2nc(=O)n(-c3c(C)ccnc3CC(C)C)c3nc(-c4cnccc4SC)c(F)cc23)[C@@H](C)C1. The van der Waals surface area contributed by atoms with E-state index in [0.29, 0.717) is 48.5 Å². The van der Waals surface area contributed by atoms with Gasteiger partial charge < -0.3 is 9.80 Å². The minimum absolute atomic E-state index is 0.103. The molecule has 1 atom stereocenters. The molecule has 0 spiro atoms. The Morgan fingerprint density at radius 1 is 1.24 bits per heavy atom. The molecule has 9 nitrogen and oxygen atoms in total. The van der Waals surface area contributed by atoms with Crippen molar-refractivity contribution in [3.8, 4) is 16.9 Å². The number of fused-ring (bicyclic) bond motifs is 1. The van der Waals surface area contributed by atoms with Crippen molar-refractivity contribution in [2.75, 3.05) is 30.8 Å². The van der Waals surface area contributed by atoms with Crippen molar-refractivity contribution in [1.29, 1.82) is 0 Å². The van der Waals surface area contributed by atoms with Crippen LogP contribution in [0.4, 0.5) is 10.2 Å². The molecule has 5 heterocycles. The highest BCUT2D eigenvalue weighted by Crippen LogP contribution is 2.35. The van der Waals surface area contributed by atoms with E-state index in [0.717, 1.165) is 16.2 Å². The molecular weight excluding hydrogens is 553 g/mol. The maximum Gasteiger partial charge on any atom is 0.355 e. The molecule has 1 saturated heterocycles. The predicted molar refractivity (Wildman–Crippen MR) is 165 cm³/mol. The summed E-state index contributed by atoms with van der Waals surface area (Å²) >= 11 is 1.47. The number of anilines is 1. The van der Waals surface area contributed by atoms with E-state index in [1.807, 2.05) is 37.1 Å². The van der Waals surface area contributed by atoms with Crippen LogP contribution >= 0.6 is 11.8 Å². The predicted octanol–water partition coefficient (Wildman–Crippen LogP) is 4.83. The molecule has 42 heavy (non-hydrogen) atoms. The summed E-state index contributed by atoms with van der Waals surface area (Å²) < 4.78 is 17.5. The topological polar surface area (TPSA) is 97.1 Å². The monoisotopic (exact) mass is 587 g/mol. The third-order valence-corrected chi connectivity index (χ3v) is 8.27. The lowest BCUT2D eigenvalue weighted by molar-refractivity contribution is -0.126. The smallest absolute Gasteiger partial charge is 0.350 e. The van der Waals surface area contributed by atoms with Gasteiger partial charge in [-0.1, -0.05) is 20.4 Å². The molecule has 1 fully saturated rings. The van der Waals surface area contributed by atoms with Gasteiger partial charge in [0.15, 0.2) is 5.65 Å². The average molecular weight is 588 g/mol. The number of aryl methyl sites for hydroxylation is 1. The van der Waals surface area contributed by atoms with Gasteiger partial charge in [-0.15, -0.1) is 11.8 Å². The Bertz CT molecular complexity index is 1740. The van der Waals surface area contributed by atoms with Gasteiger partial charge >= 0.3 is 5.69 Å². The highest BCUT2D eigenvalue weighted by Gasteiger charge is 2.30. The molecule has 0 aromatic carbocycles. The minimum atomic E-state index is -0.544. The molecule has 11 heteroatoms. The number of hydrogen-bond acceptors (Lipinski definition) is 8. The summed E-state index contributed by atoms with van der Waals surface area (Å²) in [6.07, 6.45) is 8.81. The summed E-state index contributed by atoms with van der Waals surface area (Å²) in [5.74, 6) is -0.0795. The van der Waals surface area contributed by atoms with Crippen molar-refractivity contribution in [1.82, 2.24) is 29.4 Å². The van der Waals surface area contributed by atoms with Gasteiger partial charge in [0.25, 0.3) is 0 Å². The van der Waals surface area contributed by atoms with Crippen LogP contribution in [-0.2, 0) is 11.2 Å². The summed E-state index contributed by atoms with van der Waals surface area (Å²) in [5.41, 5.74) is 2.58. The zero-order valence-corrected chi connectivity index (χ0v) is 25.3. The number of piperazine rings is 1. The van der Waals surface area contributed by atoms with E-state index in [-0.39, 0.29) is 29.2 Å². The van der Waals surface area contributed by atoms with Crippen LogP contribution in [0.2, 0.25) is 0 Å². The highest BCUT2D eigenvalue weighted by molar-refractivity contribution is 7.98. The number of nitrogens with zero attached hydrogens (tertiary/aromatic N) is 7. The molecule has 1 amide bonds. The van der Waals surface area contributed by atoms with Gasteiger partial charge in [-0.05, 0) is 62.3 Å². The lowest BCUT2D eigenvalue weighted by Crippen LogP contribution is -2.54. The van der Waals surface area contributed by atoms with E-state index >= 15 is 4.39 Å². The van der Waals surface area contributed by atoms with E-state index < -0.39 is 11.5 Å². The molecule has 0 radical (unpaired) electrons. The number of carbonyl (C=O) groups excluding carboxylic acids is 1. The number of amides is 1. The first-order valence-corrected chi connectivity index (χ1v) is 15.1. The van der Waals surface area contributed by atoms with Gasteiger partial charge in [0.1, 0.15) is 17.3 Å². The van der Waals surface area contributed by atoms with E-state index in [4.69, 9.17) is 4.98 Å². The number of thioether (sulfide) groups is 1. The normalized spacial score (nSPS) is 15.5. The molecular formula is C31H34FN7O2S. The van der Waals surface area contributed by atoms with Crippen LogP contribution in [0.15, 0.2) is 59.1 Å². The molecule has 0 unspecified atom stereocenters. The van der Waals surface area contributed by atoms with Crippen molar-refractivity contribution >= 4 is 34.5 Å². The maximum atomic E-state index is 16.0. The Labute approximate surface area is 248 Å².